The van der Waals surface area contributed by atoms with Crippen LogP contribution in [-0.2, 0) is 5.41 Å². The van der Waals surface area contributed by atoms with Crippen molar-refractivity contribution in [3.05, 3.63) is 253 Å². The first kappa shape index (κ1) is 35.0. The summed E-state index contributed by atoms with van der Waals surface area (Å²) in [5, 5.41) is 0. The van der Waals surface area contributed by atoms with Crippen LogP contribution in [0.4, 0.5) is 0 Å². The first-order chi connectivity index (χ1) is 30.3. The molecule has 1 heterocycles. The minimum absolute atomic E-state index is 0.595. The highest BCUT2D eigenvalue weighted by molar-refractivity contribution is 6.00. The quantitative estimate of drug-likeness (QED) is 0.174. The standard InChI is InChI=1S/C59H38N2/c1-3-18-39(19-4-1)41-22-15-24-43(36-41)55-38-56(44-25-16-23-42(37-44)40-20-5-2-6-21-40)61-58(60-55)50-31-17-35-54-57(50)49-30-11-14-34-53(49)59(54)51-32-12-9-28-47(51)45-26-7-8-27-46(45)48-29-10-13-33-52(48)59/h1-38H. The number of rotatable bonds is 5. The van der Waals surface area contributed by atoms with Gasteiger partial charge >= 0.3 is 0 Å². The molecular formula is C59H38N2. The van der Waals surface area contributed by atoms with Gasteiger partial charge in [0.1, 0.15) is 0 Å². The van der Waals surface area contributed by atoms with Gasteiger partial charge in [0.2, 0.25) is 0 Å². The van der Waals surface area contributed by atoms with E-state index in [0.29, 0.717) is 5.82 Å². The molecule has 9 aromatic carbocycles. The average molecular weight is 775 g/mol. The number of hydrogen-bond acceptors (Lipinski definition) is 2. The maximum atomic E-state index is 5.53. The Morgan fingerprint density at radius 3 is 1.13 bits per heavy atom. The highest BCUT2D eigenvalue weighted by atomic mass is 14.9. The minimum atomic E-state index is -0.595. The van der Waals surface area contributed by atoms with E-state index >= 15 is 0 Å². The molecule has 0 fully saturated rings. The molecule has 1 aromatic heterocycles. The molecule has 10 aromatic rings. The smallest absolute Gasteiger partial charge is 0.161 e. The van der Waals surface area contributed by atoms with Gasteiger partial charge in [0.25, 0.3) is 0 Å². The van der Waals surface area contributed by atoms with E-state index < -0.39 is 5.41 Å². The van der Waals surface area contributed by atoms with Crippen molar-refractivity contribution in [3.63, 3.8) is 0 Å². The molecule has 1 spiro atoms. The van der Waals surface area contributed by atoms with Gasteiger partial charge in [-0.1, -0.05) is 212 Å². The molecule has 0 amide bonds. The van der Waals surface area contributed by atoms with E-state index in [1.54, 1.807) is 0 Å². The monoisotopic (exact) mass is 774 g/mol. The Kier molecular flexibility index (Phi) is 8.11. The molecule has 0 saturated carbocycles. The third kappa shape index (κ3) is 5.50. The molecule has 12 rings (SSSR count). The fourth-order valence-electron chi connectivity index (χ4n) is 10.1. The minimum Gasteiger partial charge on any atom is -0.228 e. The number of aromatic nitrogens is 2. The molecular weight excluding hydrogens is 737 g/mol. The Morgan fingerprint density at radius 2 is 0.607 bits per heavy atom. The Bertz CT molecular complexity index is 3140. The summed E-state index contributed by atoms with van der Waals surface area (Å²) >= 11 is 0. The van der Waals surface area contributed by atoms with Gasteiger partial charge < -0.3 is 0 Å². The molecule has 0 N–H and O–H groups in total. The molecule has 284 valence electrons. The van der Waals surface area contributed by atoms with Gasteiger partial charge in [-0.25, -0.2) is 9.97 Å². The summed E-state index contributed by atoms with van der Waals surface area (Å²) < 4.78 is 0. The van der Waals surface area contributed by atoms with Crippen LogP contribution in [0.2, 0.25) is 0 Å². The fraction of sp³-hybridized carbons (Fsp3) is 0.0169. The molecule has 0 atom stereocenters. The van der Waals surface area contributed by atoms with Gasteiger partial charge in [-0.15, -0.1) is 0 Å². The van der Waals surface area contributed by atoms with Crippen molar-refractivity contribution in [1.82, 2.24) is 9.97 Å². The van der Waals surface area contributed by atoms with Crippen LogP contribution in [0.5, 0.6) is 0 Å². The van der Waals surface area contributed by atoms with Crippen molar-refractivity contribution in [1.29, 1.82) is 0 Å². The van der Waals surface area contributed by atoms with Gasteiger partial charge in [0, 0.05) is 16.7 Å². The van der Waals surface area contributed by atoms with Crippen LogP contribution in [0.25, 0.3) is 89.5 Å². The van der Waals surface area contributed by atoms with Gasteiger partial charge in [-0.3, -0.25) is 0 Å². The van der Waals surface area contributed by atoms with Gasteiger partial charge in [0.15, 0.2) is 5.82 Å². The summed E-state index contributed by atoms with van der Waals surface area (Å²) in [5.74, 6) is 0.699. The van der Waals surface area contributed by atoms with E-state index in [-0.39, 0.29) is 0 Å². The molecule has 0 radical (unpaired) electrons. The maximum Gasteiger partial charge on any atom is 0.161 e. The first-order valence-corrected chi connectivity index (χ1v) is 21.0. The molecule has 2 aliphatic rings. The molecule has 0 bridgehead atoms. The molecule has 2 aliphatic carbocycles. The zero-order valence-electron chi connectivity index (χ0n) is 33.3. The van der Waals surface area contributed by atoms with Crippen molar-refractivity contribution in [2.75, 3.05) is 0 Å². The van der Waals surface area contributed by atoms with Crippen LogP contribution in [-0.4, -0.2) is 9.97 Å². The largest absolute Gasteiger partial charge is 0.228 e. The summed E-state index contributed by atoms with van der Waals surface area (Å²) in [5.41, 5.74) is 21.3. The Hall–Kier alpha value is -7.94. The van der Waals surface area contributed by atoms with Crippen molar-refractivity contribution in [2.45, 2.75) is 5.41 Å². The fourth-order valence-corrected chi connectivity index (χ4v) is 10.1. The second-order valence-electron chi connectivity index (χ2n) is 16.0. The predicted molar refractivity (Wildman–Crippen MR) is 251 cm³/mol. The summed E-state index contributed by atoms with van der Waals surface area (Å²) in [7, 11) is 0. The topological polar surface area (TPSA) is 25.8 Å². The van der Waals surface area contributed by atoms with Crippen molar-refractivity contribution < 1.29 is 0 Å². The summed E-state index contributed by atoms with van der Waals surface area (Å²) in [6, 6.07) is 83.5. The number of hydrogen-bond donors (Lipinski definition) is 0. The molecule has 61 heavy (non-hydrogen) atoms. The number of nitrogens with zero attached hydrogens (tertiary/aromatic N) is 2. The summed E-state index contributed by atoms with van der Waals surface area (Å²) in [6.07, 6.45) is 0. The van der Waals surface area contributed by atoms with Crippen molar-refractivity contribution >= 4 is 0 Å². The van der Waals surface area contributed by atoms with Crippen molar-refractivity contribution in [2.24, 2.45) is 0 Å². The van der Waals surface area contributed by atoms with E-state index in [0.717, 1.165) is 39.2 Å². The van der Waals surface area contributed by atoms with E-state index in [2.05, 4.69) is 231 Å². The SMILES string of the molecule is c1ccc(-c2cccc(-c3cc(-c4cccc(-c5ccccc5)c4)nc(-c4cccc5c4-c4ccccc4C54c5ccccc5-c5ccccc5-c5ccccc54)n3)c2)cc1. The zero-order chi connectivity index (χ0) is 40.3. The van der Waals surface area contributed by atoms with E-state index in [1.807, 2.05) is 0 Å². The van der Waals surface area contributed by atoms with Gasteiger partial charge in [-0.05, 0) is 96.1 Å². The van der Waals surface area contributed by atoms with E-state index in [4.69, 9.17) is 9.97 Å². The van der Waals surface area contributed by atoms with Crippen LogP contribution >= 0.6 is 0 Å². The lowest BCUT2D eigenvalue weighted by Gasteiger charge is -2.35. The lowest BCUT2D eigenvalue weighted by Crippen LogP contribution is -2.29. The Labute approximate surface area is 356 Å². The third-order valence-electron chi connectivity index (χ3n) is 12.7. The summed E-state index contributed by atoms with van der Waals surface area (Å²) in [4.78, 5) is 11.1. The van der Waals surface area contributed by atoms with Crippen LogP contribution in [0.1, 0.15) is 22.3 Å². The second kappa shape index (κ2) is 14.1. The molecule has 2 heteroatoms. The zero-order valence-corrected chi connectivity index (χ0v) is 33.3. The second-order valence-corrected chi connectivity index (χ2v) is 16.0. The molecule has 2 nitrogen and oxygen atoms in total. The molecule has 0 saturated heterocycles. The van der Waals surface area contributed by atoms with Crippen LogP contribution in [0.3, 0.4) is 0 Å². The highest BCUT2D eigenvalue weighted by Gasteiger charge is 2.50. The molecule has 0 unspecified atom stereocenters. The Balaban J connectivity index is 1.14. The highest BCUT2D eigenvalue weighted by Crippen LogP contribution is 2.62. The van der Waals surface area contributed by atoms with Crippen LogP contribution in [0.15, 0.2) is 231 Å². The van der Waals surface area contributed by atoms with E-state index in [9.17, 15) is 0 Å². The average Bonchev–Trinajstić information content (AvgIpc) is 3.59. The number of benzene rings is 9. The lowest BCUT2D eigenvalue weighted by molar-refractivity contribution is 0.775. The first-order valence-electron chi connectivity index (χ1n) is 21.0. The summed E-state index contributed by atoms with van der Waals surface area (Å²) in [6.45, 7) is 0. The van der Waals surface area contributed by atoms with E-state index in [1.165, 1.54) is 66.8 Å². The predicted octanol–water partition coefficient (Wildman–Crippen LogP) is 14.8. The van der Waals surface area contributed by atoms with Crippen molar-refractivity contribution in [3.8, 4) is 89.5 Å². The number of fused-ring (bicyclic) bond motifs is 12. The van der Waals surface area contributed by atoms with Crippen LogP contribution < -0.4 is 0 Å². The van der Waals surface area contributed by atoms with Crippen LogP contribution in [0, 0.1) is 0 Å². The maximum absolute atomic E-state index is 5.53. The normalized spacial score (nSPS) is 12.7. The molecule has 0 aliphatic heterocycles. The lowest BCUT2D eigenvalue weighted by atomic mass is 9.66. The van der Waals surface area contributed by atoms with Gasteiger partial charge in [0.05, 0.1) is 16.8 Å². The third-order valence-corrected chi connectivity index (χ3v) is 12.7. The Morgan fingerprint density at radius 1 is 0.246 bits per heavy atom. The van der Waals surface area contributed by atoms with Gasteiger partial charge in [-0.2, -0.15) is 0 Å².